The van der Waals surface area contributed by atoms with E-state index in [-0.39, 0.29) is 0 Å². The first kappa shape index (κ1) is 12.5. The number of alkyl halides is 3. The lowest BCUT2D eigenvalue weighted by atomic mass is 10.1. The van der Waals surface area contributed by atoms with Gasteiger partial charge in [0.15, 0.2) is 0 Å². The maximum absolute atomic E-state index is 12.0. The Hall–Kier alpha value is -1.53. The van der Waals surface area contributed by atoms with Crippen LogP contribution in [-0.4, -0.2) is 21.9 Å². The van der Waals surface area contributed by atoms with Gasteiger partial charge in [0.25, 0.3) is 0 Å². The molecule has 1 aromatic rings. The maximum atomic E-state index is 12.0. The molecular weight excluding hydrogens is 223 g/mol. The largest absolute Gasteiger partial charge is 0.471 e. The van der Waals surface area contributed by atoms with Crippen molar-refractivity contribution in [3.8, 4) is 0 Å². The molecule has 1 rings (SSSR count). The summed E-state index contributed by atoms with van der Waals surface area (Å²) in [5.41, 5.74) is 1.29. The van der Waals surface area contributed by atoms with Crippen molar-refractivity contribution in [2.75, 3.05) is 0 Å². The highest BCUT2D eigenvalue weighted by Crippen LogP contribution is 2.20. The van der Waals surface area contributed by atoms with Gasteiger partial charge in [0.1, 0.15) is 0 Å². The number of nitrogens with zero attached hydrogens (tertiary/aromatic N) is 2. The minimum atomic E-state index is -4.86. The molecule has 0 aliphatic rings. The van der Waals surface area contributed by atoms with Gasteiger partial charge in [-0.3, -0.25) is 9.48 Å². The maximum Gasteiger partial charge on any atom is 0.471 e. The Bertz CT molecular complexity index is 397. The van der Waals surface area contributed by atoms with Crippen molar-refractivity contribution < 1.29 is 18.0 Å². The first-order valence-electron chi connectivity index (χ1n) is 4.59. The highest BCUT2D eigenvalue weighted by molar-refractivity contribution is 5.82. The van der Waals surface area contributed by atoms with Crippen molar-refractivity contribution in [3.63, 3.8) is 0 Å². The summed E-state index contributed by atoms with van der Waals surface area (Å²) in [5.74, 6) is -1.94. The molecule has 1 unspecified atom stereocenters. The molecule has 16 heavy (non-hydrogen) atoms. The monoisotopic (exact) mass is 235 g/mol. The van der Waals surface area contributed by atoms with E-state index in [1.807, 2.05) is 5.32 Å². The van der Waals surface area contributed by atoms with Crippen LogP contribution in [0.4, 0.5) is 13.2 Å². The third-order valence-electron chi connectivity index (χ3n) is 2.34. The summed E-state index contributed by atoms with van der Waals surface area (Å²) in [4.78, 5) is 10.7. The van der Waals surface area contributed by atoms with E-state index in [4.69, 9.17) is 0 Å². The topological polar surface area (TPSA) is 46.9 Å². The van der Waals surface area contributed by atoms with Gasteiger partial charge in [-0.05, 0) is 13.8 Å². The average Bonchev–Trinajstić information content (AvgIpc) is 2.46. The number of aryl methyl sites for hydroxylation is 1. The van der Waals surface area contributed by atoms with Crippen LogP contribution in [0.25, 0.3) is 0 Å². The predicted octanol–water partition coefficient (Wildman–Crippen LogP) is 1.47. The fourth-order valence-electron chi connectivity index (χ4n) is 1.30. The molecule has 0 aromatic carbocycles. The smallest absolute Gasteiger partial charge is 0.342 e. The van der Waals surface area contributed by atoms with Gasteiger partial charge in [-0.25, -0.2) is 0 Å². The zero-order chi connectivity index (χ0) is 12.5. The SMILES string of the molecule is Cc1c(C(C)NC(=O)C(F)(F)F)cnn1C. The molecule has 0 fully saturated rings. The van der Waals surface area contributed by atoms with Crippen LogP contribution >= 0.6 is 0 Å². The molecule has 0 aliphatic carbocycles. The number of carbonyl (C=O) groups is 1. The molecule has 0 aliphatic heterocycles. The Morgan fingerprint density at radius 1 is 1.56 bits per heavy atom. The highest BCUT2D eigenvalue weighted by Gasteiger charge is 2.39. The van der Waals surface area contributed by atoms with E-state index in [0.29, 0.717) is 5.56 Å². The van der Waals surface area contributed by atoms with Gasteiger partial charge >= 0.3 is 12.1 Å². The lowest BCUT2D eigenvalue weighted by molar-refractivity contribution is -0.174. The molecule has 0 radical (unpaired) electrons. The first-order chi connectivity index (χ1) is 7.23. The van der Waals surface area contributed by atoms with E-state index in [1.165, 1.54) is 17.8 Å². The Kier molecular flexibility index (Phi) is 3.25. The molecule has 0 saturated carbocycles. The van der Waals surface area contributed by atoms with Crippen molar-refractivity contribution >= 4 is 5.91 Å². The molecule has 1 amide bonds. The van der Waals surface area contributed by atoms with E-state index in [9.17, 15) is 18.0 Å². The molecule has 1 atom stereocenters. The Morgan fingerprint density at radius 2 is 2.12 bits per heavy atom. The summed E-state index contributed by atoms with van der Waals surface area (Å²) >= 11 is 0. The zero-order valence-corrected chi connectivity index (χ0v) is 9.09. The Labute approximate surface area is 90.4 Å². The van der Waals surface area contributed by atoms with Crippen LogP contribution in [0.3, 0.4) is 0 Å². The highest BCUT2D eigenvalue weighted by atomic mass is 19.4. The van der Waals surface area contributed by atoms with Crippen LogP contribution in [0, 0.1) is 6.92 Å². The Balaban J connectivity index is 2.77. The minimum absolute atomic E-state index is 0.570. The van der Waals surface area contributed by atoms with Crippen LogP contribution in [0.1, 0.15) is 24.2 Å². The zero-order valence-electron chi connectivity index (χ0n) is 9.09. The van der Waals surface area contributed by atoms with Crippen LogP contribution in [0.5, 0.6) is 0 Å². The van der Waals surface area contributed by atoms with E-state index < -0.39 is 18.1 Å². The number of hydrogen-bond donors (Lipinski definition) is 1. The minimum Gasteiger partial charge on any atom is -0.342 e. The van der Waals surface area contributed by atoms with Crippen LogP contribution in [0.15, 0.2) is 6.20 Å². The number of aromatic nitrogens is 2. The van der Waals surface area contributed by atoms with Gasteiger partial charge < -0.3 is 5.32 Å². The standard InChI is InChI=1S/C9H12F3N3O/c1-5(14-8(16)9(10,11)12)7-4-13-15(3)6(7)2/h4-5H,1-3H3,(H,14,16). The summed E-state index contributed by atoms with van der Waals surface area (Å²) < 4.78 is 37.5. The van der Waals surface area contributed by atoms with Crippen molar-refractivity contribution in [3.05, 3.63) is 17.5 Å². The molecule has 7 heteroatoms. The predicted molar refractivity (Wildman–Crippen MR) is 50.6 cm³/mol. The third-order valence-corrected chi connectivity index (χ3v) is 2.34. The molecule has 90 valence electrons. The second-order valence-electron chi connectivity index (χ2n) is 3.50. The number of rotatable bonds is 2. The molecule has 1 heterocycles. The van der Waals surface area contributed by atoms with Gasteiger partial charge in [0.2, 0.25) is 0 Å². The van der Waals surface area contributed by atoms with E-state index in [1.54, 1.807) is 14.0 Å². The van der Waals surface area contributed by atoms with Crippen molar-refractivity contribution in [2.24, 2.45) is 7.05 Å². The van der Waals surface area contributed by atoms with Gasteiger partial charge in [-0.1, -0.05) is 0 Å². The van der Waals surface area contributed by atoms with Gasteiger partial charge in [0.05, 0.1) is 12.2 Å². The van der Waals surface area contributed by atoms with Crippen LogP contribution < -0.4 is 5.32 Å². The quantitative estimate of drug-likeness (QED) is 0.843. The van der Waals surface area contributed by atoms with Gasteiger partial charge in [0, 0.05) is 18.3 Å². The Morgan fingerprint density at radius 3 is 2.50 bits per heavy atom. The van der Waals surface area contributed by atoms with Crippen LogP contribution in [-0.2, 0) is 11.8 Å². The summed E-state index contributed by atoms with van der Waals surface area (Å²) in [6.45, 7) is 3.20. The molecular formula is C9H12F3N3O. The summed E-state index contributed by atoms with van der Waals surface area (Å²) in [6, 6.07) is -0.720. The van der Waals surface area contributed by atoms with Crippen molar-refractivity contribution in [2.45, 2.75) is 26.1 Å². The third kappa shape index (κ3) is 2.53. The second-order valence-corrected chi connectivity index (χ2v) is 3.50. The molecule has 1 N–H and O–H groups in total. The van der Waals surface area contributed by atoms with E-state index >= 15 is 0 Å². The van der Waals surface area contributed by atoms with Crippen molar-refractivity contribution in [1.82, 2.24) is 15.1 Å². The molecule has 0 bridgehead atoms. The summed E-state index contributed by atoms with van der Waals surface area (Å²) in [6.07, 6.45) is -3.42. The first-order valence-corrected chi connectivity index (χ1v) is 4.59. The van der Waals surface area contributed by atoms with E-state index in [2.05, 4.69) is 5.10 Å². The number of halogens is 3. The van der Waals surface area contributed by atoms with Crippen molar-refractivity contribution in [1.29, 1.82) is 0 Å². The van der Waals surface area contributed by atoms with Gasteiger partial charge in [-0.15, -0.1) is 0 Å². The number of hydrogen-bond acceptors (Lipinski definition) is 2. The van der Waals surface area contributed by atoms with Crippen LogP contribution in [0.2, 0.25) is 0 Å². The molecule has 0 spiro atoms. The molecule has 4 nitrogen and oxygen atoms in total. The average molecular weight is 235 g/mol. The number of amides is 1. The number of carbonyl (C=O) groups excluding carboxylic acids is 1. The summed E-state index contributed by atoms with van der Waals surface area (Å²) in [7, 11) is 1.68. The normalized spacial score (nSPS) is 13.6. The fourth-order valence-corrected chi connectivity index (χ4v) is 1.30. The summed E-state index contributed by atoms with van der Waals surface area (Å²) in [5, 5.41) is 5.76. The lowest BCUT2D eigenvalue weighted by Crippen LogP contribution is -2.38. The second kappa shape index (κ2) is 4.15. The van der Waals surface area contributed by atoms with E-state index in [0.717, 1.165) is 5.69 Å². The number of nitrogens with one attached hydrogen (secondary N) is 1. The fraction of sp³-hybridized carbons (Fsp3) is 0.556. The molecule has 1 aromatic heterocycles. The molecule has 0 saturated heterocycles. The lowest BCUT2D eigenvalue weighted by Gasteiger charge is -2.14. The van der Waals surface area contributed by atoms with Gasteiger partial charge in [-0.2, -0.15) is 18.3 Å².